The van der Waals surface area contributed by atoms with E-state index in [1.54, 1.807) is 51.2 Å². The number of methoxy groups -OCH3 is 1. The maximum absolute atomic E-state index is 13.9. The Morgan fingerprint density at radius 3 is 2.46 bits per heavy atom. The zero-order valence-corrected chi connectivity index (χ0v) is 22.3. The lowest BCUT2D eigenvalue weighted by atomic mass is 9.97. The van der Waals surface area contributed by atoms with Crippen LogP contribution in [0.1, 0.15) is 37.0 Å². The third-order valence-electron chi connectivity index (χ3n) is 6.42. The maximum atomic E-state index is 13.9. The normalized spacial score (nSPS) is 13.8. The number of halogens is 1. The SMILES string of the molecule is COC(=O)CCc1cccc(/C(Nc2ccc(N(C)C(=O)C(C)(C)N)cc2)=C2/C(=O)Nc3cc(F)ccc32)c1. The fraction of sp³-hybridized carbons (Fsp3) is 0.233. The Kier molecular flexibility index (Phi) is 7.83. The number of nitrogens with two attached hydrogens (primary N) is 1. The van der Waals surface area contributed by atoms with Gasteiger partial charge in [0.2, 0.25) is 5.91 Å². The molecule has 0 atom stereocenters. The van der Waals surface area contributed by atoms with Crippen molar-refractivity contribution in [3.63, 3.8) is 0 Å². The van der Waals surface area contributed by atoms with Crippen LogP contribution in [-0.2, 0) is 25.5 Å². The Balaban J connectivity index is 1.74. The van der Waals surface area contributed by atoms with Crippen molar-refractivity contribution in [2.24, 2.45) is 5.73 Å². The molecule has 3 aromatic carbocycles. The van der Waals surface area contributed by atoms with E-state index in [1.165, 1.54) is 24.1 Å². The van der Waals surface area contributed by atoms with E-state index in [0.717, 1.165) is 5.56 Å². The van der Waals surface area contributed by atoms with E-state index in [2.05, 4.69) is 10.6 Å². The van der Waals surface area contributed by atoms with Crippen LogP contribution in [0.5, 0.6) is 0 Å². The Morgan fingerprint density at radius 2 is 1.79 bits per heavy atom. The topological polar surface area (TPSA) is 114 Å². The molecule has 8 nitrogen and oxygen atoms in total. The molecule has 0 saturated carbocycles. The number of likely N-dealkylation sites (N-methyl/N-ethyl adjacent to an activating group) is 1. The lowest BCUT2D eigenvalue weighted by Crippen LogP contribution is -2.49. The number of hydrogen-bond acceptors (Lipinski definition) is 6. The van der Waals surface area contributed by atoms with E-state index in [4.69, 9.17) is 10.5 Å². The van der Waals surface area contributed by atoms with Gasteiger partial charge in [0.1, 0.15) is 5.82 Å². The number of nitrogens with one attached hydrogen (secondary N) is 2. The molecular formula is C30H31FN4O4. The molecule has 1 aliphatic rings. The van der Waals surface area contributed by atoms with Crippen molar-refractivity contribution in [1.82, 2.24) is 0 Å². The van der Waals surface area contributed by atoms with Crippen LogP contribution < -0.4 is 21.3 Å². The second kappa shape index (κ2) is 11.1. The van der Waals surface area contributed by atoms with Crippen LogP contribution >= 0.6 is 0 Å². The van der Waals surface area contributed by atoms with E-state index < -0.39 is 11.4 Å². The zero-order chi connectivity index (χ0) is 28.3. The Bertz CT molecular complexity index is 1460. The average molecular weight is 531 g/mol. The van der Waals surface area contributed by atoms with Crippen molar-refractivity contribution in [3.05, 3.63) is 89.2 Å². The summed E-state index contributed by atoms with van der Waals surface area (Å²) >= 11 is 0. The summed E-state index contributed by atoms with van der Waals surface area (Å²) in [5.41, 5.74) is 9.68. The zero-order valence-electron chi connectivity index (χ0n) is 22.3. The molecule has 0 bridgehead atoms. The van der Waals surface area contributed by atoms with E-state index in [9.17, 15) is 18.8 Å². The fourth-order valence-electron chi connectivity index (χ4n) is 4.37. The molecule has 0 fully saturated rings. The number of amides is 2. The number of hydrogen-bond donors (Lipinski definition) is 3. The van der Waals surface area contributed by atoms with Crippen LogP contribution in [0.25, 0.3) is 11.3 Å². The summed E-state index contributed by atoms with van der Waals surface area (Å²) in [7, 11) is 3.01. The van der Waals surface area contributed by atoms with Gasteiger partial charge in [-0.1, -0.05) is 18.2 Å². The quantitative estimate of drug-likeness (QED) is 0.291. The predicted molar refractivity (Wildman–Crippen MR) is 150 cm³/mol. The minimum atomic E-state index is -1.02. The predicted octanol–water partition coefficient (Wildman–Crippen LogP) is 4.56. The van der Waals surface area contributed by atoms with Gasteiger partial charge in [0, 0.05) is 30.4 Å². The number of anilines is 3. The smallest absolute Gasteiger partial charge is 0.305 e. The van der Waals surface area contributed by atoms with Crippen molar-refractivity contribution in [2.75, 3.05) is 29.7 Å². The van der Waals surface area contributed by atoms with Crippen LogP contribution in [0.3, 0.4) is 0 Å². The van der Waals surface area contributed by atoms with Crippen molar-refractivity contribution in [2.45, 2.75) is 32.2 Å². The van der Waals surface area contributed by atoms with E-state index >= 15 is 0 Å². The van der Waals surface area contributed by atoms with Gasteiger partial charge in [-0.15, -0.1) is 0 Å². The first-order valence-corrected chi connectivity index (χ1v) is 12.4. The number of carbonyl (C=O) groups excluding carboxylic acids is 3. The highest BCUT2D eigenvalue weighted by Crippen LogP contribution is 2.38. The number of nitrogens with zero attached hydrogens (tertiary/aromatic N) is 1. The fourth-order valence-corrected chi connectivity index (χ4v) is 4.37. The molecule has 202 valence electrons. The molecule has 4 N–H and O–H groups in total. The average Bonchev–Trinajstić information content (AvgIpc) is 3.23. The van der Waals surface area contributed by atoms with Crippen LogP contribution in [0.4, 0.5) is 21.5 Å². The lowest BCUT2D eigenvalue weighted by molar-refractivity contribution is -0.140. The number of benzene rings is 3. The van der Waals surface area contributed by atoms with Gasteiger partial charge < -0.3 is 26.0 Å². The maximum Gasteiger partial charge on any atom is 0.305 e. The van der Waals surface area contributed by atoms with Gasteiger partial charge in [0.25, 0.3) is 5.91 Å². The monoisotopic (exact) mass is 530 g/mol. The third kappa shape index (κ3) is 6.15. The molecule has 0 aromatic heterocycles. The summed E-state index contributed by atoms with van der Waals surface area (Å²) in [5.74, 6) is -1.37. The first-order valence-electron chi connectivity index (χ1n) is 12.4. The van der Waals surface area contributed by atoms with Gasteiger partial charge in [-0.05, 0) is 79.9 Å². The standard InChI is InChI=1S/C30H31FN4O4/c1-30(2,32)29(38)35(3)22-12-10-21(11-13-22)33-27(19-7-5-6-18(16-19)8-15-25(36)39-4)26-23-14-9-20(31)17-24(23)34-28(26)37/h5-7,9-14,16-17,33H,8,15,32H2,1-4H3,(H,34,37)/b27-26-. The highest BCUT2D eigenvalue weighted by Gasteiger charge is 2.29. The van der Waals surface area contributed by atoms with Crippen LogP contribution in [0.15, 0.2) is 66.7 Å². The molecule has 0 aliphatic carbocycles. The van der Waals surface area contributed by atoms with Crippen LogP contribution in [-0.4, -0.2) is 37.5 Å². The molecule has 0 radical (unpaired) electrons. The molecule has 2 amide bonds. The van der Waals surface area contributed by atoms with Crippen molar-refractivity contribution >= 4 is 46.1 Å². The summed E-state index contributed by atoms with van der Waals surface area (Å²) in [5, 5.41) is 6.10. The molecule has 1 heterocycles. The summed E-state index contributed by atoms with van der Waals surface area (Å²) in [6.45, 7) is 3.30. The summed E-state index contributed by atoms with van der Waals surface area (Å²) in [6.07, 6.45) is 0.679. The first kappa shape index (κ1) is 27.5. The summed E-state index contributed by atoms with van der Waals surface area (Å²) < 4.78 is 18.7. The largest absolute Gasteiger partial charge is 0.469 e. The number of ether oxygens (including phenoxy) is 1. The van der Waals surface area contributed by atoms with Crippen LogP contribution in [0.2, 0.25) is 0 Å². The summed E-state index contributed by atoms with van der Waals surface area (Å²) in [6, 6.07) is 18.8. The molecule has 39 heavy (non-hydrogen) atoms. The van der Waals surface area contributed by atoms with Crippen molar-refractivity contribution in [3.8, 4) is 0 Å². The molecule has 9 heteroatoms. The van der Waals surface area contributed by atoms with E-state index in [0.29, 0.717) is 45.9 Å². The minimum absolute atomic E-state index is 0.217. The Labute approximate surface area is 226 Å². The van der Waals surface area contributed by atoms with Gasteiger partial charge in [0.05, 0.1) is 29.6 Å². The molecular weight excluding hydrogens is 499 g/mol. The first-order chi connectivity index (χ1) is 18.5. The van der Waals surface area contributed by atoms with Gasteiger partial charge in [-0.3, -0.25) is 14.4 Å². The second-order valence-electron chi connectivity index (χ2n) is 9.93. The molecule has 3 aromatic rings. The number of fused-ring (bicyclic) bond motifs is 1. The Morgan fingerprint density at radius 1 is 1.08 bits per heavy atom. The number of esters is 1. The van der Waals surface area contributed by atoms with Crippen molar-refractivity contribution < 1.29 is 23.5 Å². The van der Waals surface area contributed by atoms with E-state index in [-0.39, 0.29) is 24.2 Å². The minimum Gasteiger partial charge on any atom is -0.469 e. The Hall–Kier alpha value is -4.50. The molecule has 4 rings (SSSR count). The third-order valence-corrected chi connectivity index (χ3v) is 6.42. The van der Waals surface area contributed by atoms with Crippen LogP contribution in [0, 0.1) is 5.82 Å². The molecule has 0 spiro atoms. The molecule has 0 unspecified atom stereocenters. The second-order valence-corrected chi connectivity index (χ2v) is 9.93. The molecule has 0 saturated heterocycles. The van der Waals surface area contributed by atoms with E-state index in [1.807, 2.05) is 24.3 Å². The number of carbonyl (C=O) groups is 3. The van der Waals surface area contributed by atoms with Gasteiger partial charge in [-0.2, -0.15) is 0 Å². The number of aryl methyl sites for hydroxylation is 1. The van der Waals surface area contributed by atoms with Gasteiger partial charge in [-0.25, -0.2) is 4.39 Å². The van der Waals surface area contributed by atoms with Crippen molar-refractivity contribution in [1.29, 1.82) is 0 Å². The van der Waals surface area contributed by atoms with Gasteiger partial charge in [0.15, 0.2) is 0 Å². The van der Waals surface area contributed by atoms with Gasteiger partial charge >= 0.3 is 5.97 Å². The lowest BCUT2D eigenvalue weighted by Gasteiger charge is -2.26. The highest BCUT2D eigenvalue weighted by atomic mass is 19.1. The number of rotatable bonds is 8. The molecule has 1 aliphatic heterocycles. The highest BCUT2D eigenvalue weighted by molar-refractivity contribution is 6.37. The summed E-state index contributed by atoms with van der Waals surface area (Å²) in [4.78, 5) is 38.9.